The van der Waals surface area contributed by atoms with E-state index < -0.39 is 35.2 Å². The van der Waals surface area contributed by atoms with Gasteiger partial charge in [0.2, 0.25) is 5.82 Å². The SMILES string of the molecule is O=C(O)CCNC(=O)N1CC2CC(c3ccc(CCCOc4c(F)ccc(F)c4F)cc3)=C(C(=O)N(Cc3ccccc3Cl)C3CC3)C(C1)N2. The van der Waals surface area contributed by atoms with Crippen LogP contribution in [0.5, 0.6) is 5.75 Å². The molecule has 2 atom stereocenters. The molecule has 50 heavy (non-hydrogen) atoms. The van der Waals surface area contributed by atoms with E-state index in [-0.39, 0.29) is 50.1 Å². The van der Waals surface area contributed by atoms with Crippen LogP contribution in [0.2, 0.25) is 5.02 Å². The number of aliphatic carboxylic acids is 1. The summed E-state index contributed by atoms with van der Waals surface area (Å²) in [5.41, 5.74) is 4.15. The number of fused-ring (bicyclic) bond motifs is 2. The Hall–Kier alpha value is -4.55. The molecule has 2 heterocycles. The zero-order valence-corrected chi connectivity index (χ0v) is 28.0. The van der Waals surface area contributed by atoms with Gasteiger partial charge in [-0.3, -0.25) is 9.59 Å². The summed E-state index contributed by atoms with van der Waals surface area (Å²) < 4.78 is 46.6. The first-order valence-electron chi connectivity index (χ1n) is 16.7. The van der Waals surface area contributed by atoms with Crippen molar-refractivity contribution in [3.05, 3.63) is 105 Å². The number of halogens is 4. The number of carbonyl (C=O) groups is 3. The largest absolute Gasteiger partial charge is 0.488 e. The summed E-state index contributed by atoms with van der Waals surface area (Å²) in [7, 11) is 0. The highest BCUT2D eigenvalue weighted by Crippen LogP contribution is 2.38. The number of hydrogen-bond acceptors (Lipinski definition) is 5. The predicted molar refractivity (Wildman–Crippen MR) is 181 cm³/mol. The number of benzene rings is 3. The Morgan fingerprint density at radius 2 is 1.74 bits per heavy atom. The monoisotopic (exact) mass is 710 g/mol. The Balaban J connectivity index is 1.22. The molecule has 3 aromatic carbocycles. The number of carboxylic acids is 1. The van der Waals surface area contributed by atoms with E-state index in [1.807, 2.05) is 47.4 Å². The van der Waals surface area contributed by atoms with E-state index in [1.54, 1.807) is 11.0 Å². The highest BCUT2D eigenvalue weighted by Gasteiger charge is 2.43. The van der Waals surface area contributed by atoms with Crippen LogP contribution in [0, 0.1) is 17.5 Å². The van der Waals surface area contributed by atoms with Gasteiger partial charge in [-0.25, -0.2) is 13.6 Å². The van der Waals surface area contributed by atoms with E-state index in [1.165, 1.54) is 0 Å². The van der Waals surface area contributed by atoms with Crippen LogP contribution in [0.15, 0.2) is 66.2 Å². The van der Waals surface area contributed by atoms with Crippen molar-refractivity contribution in [2.24, 2.45) is 0 Å². The summed E-state index contributed by atoms with van der Waals surface area (Å²) in [6.45, 7) is 0.956. The zero-order valence-electron chi connectivity index (χ0n) is 27.3. The number of aryl methyl sites for hydroxylation is 1. The molecule has 1 aliphatic carbocycles. The van der Waals surface area contributed by atoms with Crippen LogP contribution in [0.25, 0.3) is 5.57 Å². The first-order valence-corrected chi connectivity index (χ1v) is 17.1. The van der Waals surface area contributed by atoms with Gasteiger partial charge < -0.3 is 30.3 Å². The zero-order chi connectivity index (χ0) is 35.4. The second kappa shape index (κ2) is 15.6. The molecule has 2 unspecified atom stereocenters. The van der Waals surface area contributed by atoms with Gasteiger partial charge in [0.1, 0.15) is 0 Å². The molecule has 13 heteroatoms. The second-order valence-electron chi connectivity index (χ2n) is 12.9. The van der Waals surface area contributed by atoms with Crippen LogP contribution in [0.4, 0.5) is 18.0 Å². The minimum Gasteiger partial charge on any atom is -0.488 e. The van der Waals surface area contributed by atoms with E-state index in [0.717, 1.165) is 41.2 Å². The lowest BCUT2D eigenvalue weighted by Gasteiger charge is -2.45. The number of piperazine rings is 1. The van der Waals surface area contributed by atoms with Crippen LogP contribution < -0.4 is 15.4 Å². The number of nitrogens with one attached hydrogen (secondary N) is 2. The number of ether oxygens (including phenoxy) is 1. The van der Waals surface area contributed by atoms with Gasteiger partial charge in [-0.05, 0) is 72.6 Å². The predicted octanol–water partition coefficient (Wildman–Crippen LogP) is 5.94. The lowest BCUT2D eigenvalue weighted by molar-refractivity contribution is -0.136. The first kappa shape index (κ1) is 35.3. The van der Waals surface area contributed by atoms with Gasteiger partial charge in [-0.2, -0.15) is 4.39 Å². The summed E-state index contributed by atoms with van der Waals surface area (Å²) in [5, 5.41) is 15.8. The van der Waals surface area contributed by atoms with Crippen molar-refractivity contribution >= 4 is 35.1 Å². The average molecular weight is 711 g/mol. The molecule has 0 spiro atoms. The van der Waals surface area contributed by atoms with Crippen LogP contribution in [-0.4, -0.2) is 77.2 Å². The topological polar surface area (TPSA) is 111 Å². The van der Waals surface area contributed by atoms with Crippen molar-refractivity contribution in [2.75, 3.05) is 26.2 Å². The Labute approximate surface area is 293 Å². The lowest BCUT2D eigenvalue weighted by atomic mass is 9.82. The van der Waals surface area contributed by atoms with Gasteiger partial charge in [-0.15, -0.1) is 0 Å². The summed E-state index contributed by atoms with van der Waals surface area (Å²) in [6, 6.07) is 15.9. The molecule has 0 radical (unpaired) electrons. The van der Waals surface area contributed by atoms with E-state index in [4.69, 9.17) is 21.4 Å². The number of carboxylic acid groups (broad SMARTS) is 1. The highest BCUT2D eigenvalue weighted by molar-refractivity contribution is 6.31. The van der Waals surface area contributed by atoms with Crippen molar-refractivity contribution in [3.8, 4) is 5.75 Å². The van der Waals surface area contributed by atoms with Crippen LogP contribution in [0.3, 0.4) is 0 Å². The third kappa shape index (κ3) is 8.24. The summed E-state index contributed by atoms with van der Waals surface area (Å²) in [4.78, 5) is 42.2. The Morgan fingerprint density at radius 1 is 1.00 bits per heavy atom. The molecule has 264 valence electrons. The van der Waals surface area contributed by atoms with Gasteiger partial charge in [0.25, 0.3) is 5.91 Å². The van der Waals surface area contributed by atoms with Gasteiger partial charge in [0.05, 0.1) is 19.1 Å². The normalized spacial score (nSPS) is 18.5. The van der Waals surface area contributed by atoms with Crippen LogP contribution in [0.1, 0.15) is 48.8 Å². The van der Waals surface area contributed by atoms with E-state index in [0.29, 0.717) is 49.0 Å². The fourth-order valence-electron chi connectivity index (χ4n) is 6.60. The van der Waals surface area contributed by atoms with Crippen molar-refractivity contribution in [1.82, 2.24) is 20.4 Å². The second-order valence-corrected chi connectivity index (χ2v) is 13.3. The minimum absolute atomic E-state index is 0.00462. The molecule has 6 rings (SSSR count). The highest BCUT2D eigenvalue weighted by atomic mass is 35.5. The molecule has 3 N–H and O–H groups in total. The van der Waals surface area contributed by atoms with Gasteiger partial charge >= 0.3 is 12.0 Å². The Kier molecular flexibility index (Phi) is 11.0. The molecule has 3 amide bonds. The molecule has 2 fully saturated rings. The third-order valence-electron chi connectivity index (χ3n) is 9.24. The third-order valence-corrected chi connectivity index (χ3v) is 9.61. The van der Waals surface area contributed by atoms with E-state index >= 15 is 0 Å². The Morgan fingerprint density at radius 3 is 2.46 bits per heavy atom. The van der Waals surface area contributed by atoms with Gasteiger partial charge in [0.15, 0.2) is 17.4 Å². The molecular weight excluding hydrogens is 673 g/mol. The molecule has 9 nitrogen and oxygen atoms in total. The fraction of sp³-hybridized carbons (Fsp3) is 0.378. The Bertz CT molecular complexity index is 1790. The fourth-order valence-corrected chi connectivity index (χ4v) is 6.80. The quantitative estimate of drug-likeness (QED) is 0.150. The lowest BCUT2D eigenvalue weighted by Crippen LogP contribution is -2.63. The van der Waals surface area contributed by atoms with Crippen molar-refractivity contribution in [2.45, 2.75) is 63.2 Å². The number of nitrogens with zero attached hydrogens (tertiary/aromatic N) is 2. The maximum absolute atomic E-state index is 14.6. The van der Waals surface area contributed by atoms with Gasteiger partial charge in [0, 0.05) is 48.9 Å². The molecule has 2 bridgehead atoms. The smallest absolute Gasteiger partial charge is 0.317 e. The molecule has 2 aliphatic heterocycles. The van der Waals surface area contributed by atoms with Crippen LogP contribution >= 0.6 is 11.6 Å². The van der Waals surface area contributed by atoms with Gasteiger partial charge in [-0.1, -0.05) is 54.1 Å². The van der Waals surface area contributed by atoms with E-state index in [2.05, 4.69) is 10.6 Å². The van der Waals surface area contributed by atoms with Crippen molar-refractivity contribution < 1.29 is 37.4 Å². The maximum Gasteiger partial charge on any atom is 0.317 e. The standard InChI is InChI=1S/C37H38ClF3N4O5/c38-28-6-2-1-5-24(28)19-45(26-11-12-26)36(48)33-27(18-25-20-44(21-31(33)43-25)37(49)42-16-15-32(46)47)23-9-7-22(8-10-23)4-3-17-50-35-30(40)14-13-29(39)34(35)41/h1-2,5-10,13-14,25-26,31,43H,3-4,11-12,15-21H2,(H,42,49)(H,46,47). The molecule has 3 aromatic rings. The minimum atomic E-state index is -1.35. The van der Waals surface area contributed by atoms with Crippen molar-refractivity contribution in [1.29, 1.82) is 0 Å². The number of carbonyl (C=O) groups excluding carboxylic acids is 2. The number of urea groups is 1. The first-order chi connectivity index (χ1) is 24.1. The number of amides is 3. The molecule has 1 saturated heterocycles. The number of rotatable bonds is 13. The van der Waals surface area contributed by atoms with E-state index in [9.17, 15) is 27.6 Å². The summed E-state index contributed by atoms with van der Waals surface area (Å²) >= 11 is 6.51. The number of hydrogen-bond donors (Lipinski definition) is 3. The molecule has 1 saturated carbocycles. The molecule has 0 aromatic heterocycles. The molecular formula is C37H38ClF3N4O5. The van der Waals surface area contributed by atoms with Crippen molar-refractivity contribution in [3.63, 3.8) is 0 Å². The maximum atomic E-state index is 14.6. The molecule has 3 aliphatic rings. The van der Waals surface area contributed by atoms with Crippen LogP contribution in [-0.2, 0) is 22.6 Å². The summed E-state index contributed by atoms with van der Waals surface area (Å²) in [5.74, 6) is -5.35. The summed E-state index contributed by atoms with van der Waals surface area (Å²) in [6.07, 6.45) is 3.03. The average Bonchev–Trinajstić information content (AvgIpc) is 3.94.